The van der Waals surface area contributed by atoms with Crippen molar-refractivity contribution in [1.29, 1.82) is 0 Å². The Balaban J connectivity index is 1.50. The minimum absolute atomic E-state index is 0.0461. The van der Waals surface area contributed by atoms with Gasteiger partial charge in [0.1, 0.15) is 0 Å². The van der Waals surface area contributed by atoms with E-state index in [2.05, 4.69) is 59.5 Å². The molecule has 7 heteroatoms. The Hall–Kier alpha value is -1.70. The van der Waals surface area contributed by atoms with Crippen molar-refractivity contribution >= 4 is 49.4 Å². The maximum absolute atomic E-state index is 12.3. The minimum Gasteiger partial charge on any atom is -0.346 e. The molecular formula is C20H21Br2N3O2. The summed E-state index contributed by atoms with van der Waals surface area (Å²) in [5, 5.41) is 5.50. The lowest BCUT2D eigenvalue weighted by atomic mass is 10.0. The molecule has 27 heavy (non-hydrogen) atoms. The van der Waals surface area contributed by atoms with E-state index in [9.17, 15) is 9.59 Å². The lowest BCUT2D eigenvalue weighted by molar-refractivity contribution is -0.125. The molecule has 2 aromatic carbocycles. The molecule has 2 aromatic rings. The molecule has 2 amide bonds. The zero-order chi connectivity index (χ0) is 19.2. The van der Waals surface area contributed by atoms with Crippen molar-refractivity contribution in [3.8, 4) is 0 Å². The fourth-order valence-electron chi connectivity index (χ4n) is 3.28. The molecule has 1 saturated heterocycles. The van der Waals surface area contributed by atoms with Gasteiger partial charge >= 0.3 is 0 Å². The fourth-order valence-corrected chi connectivity index (χ4v) is 4.08. The Morgan fingerprint density at radius 2 is 1.89 bits per heavy atom. The van der Waals surface area contributed by atoms with E-state index in [1.54, 1.807) is 6.07 Å². The summed E-state index contributed by atoms with van der Waals surface area (Å²) < 4.78 is 1.85. The highest BCUT2D eigenvalue weighted by Crippen LogP contribution is 2.32. The normalized spacial score (nSPS) is 16.9. The van der Waals surface area contributed by atoms with Gasteiger partial charge in [-0.15, -0.1) is 0 Å². The van der Waals surface area contributed by atoms with Crippen LogP contribution in [0.1, 0.15) is 24.4 Å². The Labute approximate surface area is 175 Å². The molecule has 1 atom stereocenters. The van der Waals surface area contributed by atoms with Crippen LogP contribution in [0.3, 0.4) is 0 Å². The van der Waals surface area contributed by atoms with Gasteiger partial charge in [0, 0.05) is 15.0 Å². The van der Waals surface area contributed by atoms with E-state index < -0.39 is 0 Å². The van der Waals surface area contributed by atoms with Crippen LogP contribution in [0, 0.1) is 0 Å². The van der Waals surface area contributed by atoms with Gasteiger partial charge in [0.15, 0.2) is 0 Å². The van der Waals surface area contributed by atoms with Crippen LogP contribution >= 0.6 is 31.9 Å². The van der Waals surface area contributed by atoms with Crippen LogP contribution in [0.4, 0.5) is 5.69 Å². The summed E-state index contributed by atoms with van der Waals surface area (Å²) in [6, 6.07) is 15.8. The predicted octanol–water partition coefficient (Wildman–Crippen LogP) is 4.10. The number of amides is 2. The smallest absolute Gasteiger partial charge is 0.243 e. The number of nitrogens with zero attached hydrogens (tertiary/aromatic N) is 1. The third-order valence-corrected chi connectivity index (χ3v) is 5.72. The third kappa shape index (κ3) is 5.64. The summed E-state index contributed by atoms with van der Waals surface area (Å²) in [5.74, 6) is -0.389. The molecule has 0 saturated carbocycles. The van der Waals surface area contributed by atoms with E-state index in [1.165, 1.54) is 5.56 Å². The van der Waals surface area contributed by atoms with Crippen molar-refractivity contribution in [2.24, 2.45) is 0 Å². The Bertz CT molecular complexity index is 828. The number of carbonyl (C=O) groups is 2. The first-order chi connectivity index (χ1) is 13.0. The largest absolute Gasteiger partial charge is 0.346 e. The zero-order valence-corrected chi connectivity index (χ0v) is 17.9. The van der Waals surface area contributed by atoms with E-state index >= 15 is 0 Å². The van der Waals surface area contributed by atoms with Crippen molar-refractivity contribution in [3.63, 3.8) is 0 Å². The first-order valence-electron chi connectivity index (χ1n) is 8.83. The zero-order valence-electron chi connectivity index (χ0n) is 14.8. The SMILES string of the molecule is O=C(CN1CCCC1c1cccc(Br)c1)NCC(=O)Nc1ccccc1Br. The molecule has 1 fully saturated rings. The van der Waals surface area contributed by atoms with Crippen LogP contribution < -0.4 is 10.6 Å². The van der Waals surface area contributed by atoms with Crippen molar-refractivity contribution in [2.75, 3.05) is 25.0 Å². The molecular weight excluding hydrogens is 474 g/mol. The highest BCUT2D eigenvalue weighted by Gasteiger charge is 2.27. The summed E-state index contributed by atoms with van der Waals surface area (Å²) >= 11 is 6.89. The van der Waals surface area contributed by atoms with E-state index in [4.69, 9.17) is 0 Å². The highest BCUT2D eigenvalue weighted by molar-refractivity contribution is 9.10. The van der Waals surface area contributed by atoms with Crippen molar-refractivity contribution < 1.29 is 9.59 Å². The van der Waals surface area contributed by atoms with Gasteiger partial charge in [0.2, 0.25) is 11.8 Å². The second-order valence-electron chi connectivity index (χ2n) is 6.49. The second-order valence-corrected chi connectivity index (χ2v) is 8.26. The molecule has 0 aromatic heterocycles. The standard InChI is InChI=1S/C20H21Br2N3O2/c21-15-6-3-5-14(11-15)18-9-4-10-25(18)13-20(27)23-12-19(26)24-17-8-2-1-7-16(17)22/h1-3,5-8,11,18H,4,9-10,12-13H2,(H,23,27)(H,24,26). The molecule has 142 valence electrons. The van der Waals surface area contributed by atoms with Crippen LogP contribution in [0.15, 0.2) is 57.5 Å². The van der Waals surface area contributed by atoms with Crippen LogP contribution in [-0.2, 0) is 9.59 Å². The van der Waals surface area contributed by atoms with Crippen molar-refractivity contribution in [1.82, 2.24) is 10.2 Å². The lowest BCUT2D eigenvalue weighted by Gasteiger charge is -2.24. The minimum atomic E-state index is -0.250. The van der Waals surface area contributed by atoms with E-state index in [-0.39, 0.29) is 24.4 Å². The Morgan fingerprint density at radius 1 is 1.07 bits per heavy atom. The average Bonchev–Trinajstić information content (AvgIpc) is 3.10. The van der Waals surface area contributed by atoms with Crippen LogP contribution in [0.2, 0.25) is 0 Å². The number of likely N-dealkylation sites (tertiary alicyclic amines) is 1. The van der Waals surface area contributed by atoms with E-state index in [0.717, 1.165) is 28.3 Å². The van der Waals surface area contributed by atoms with Crippen molar-refractivity contribution in [3.05, 3.63) is 63.0 Å². The van der Waals surface area contributed by atoms with Gasteiger partial charge in [-0.2, -0.15) is 0 Å². The number of rotatable bonds is 6. The number of hydrogen-bond acceptors (Lipinski definition) is 3. The monoisotopic (exact) mass is 493 g/mol. The number of para-hydroxylation sites is 1. The summed E-state index contributed by atoms with van der Waals surface area (Å²) in [4.78, 5) is 26.5. The highest BCUT2D eigenvalue weighted by atomic mass is 79.9. The third-order valence-electron chi connectivity index (χ3n) is 4.54. The number of anilines is 1. The summed E-state index contributed by atoms with van der Waals surface area (Å²) in [7, 11) is 0. The quantitative estimate of drug-likeness (QED) is 0.635. The molecule has 0 aliphatic carbocycles. The van der Waals surface area contributed by atoms with Gasteiger partial charge in [0.25, 0.3) is 0 Å². The van der Waals surface area contributed by atoms with E-state index in [1.807, 2.05) is 30.3 Å². The van der Waals surface area contributed by atoms with Gasteiger partial charge in [0.05, 0.1) is 18.8 Å². The molecule has 0 radical (unpaired) electrons. The number of benzene rings is 2. The molecule has 1 unspecified atom stereocenters. The van der Waals surface area contributed by atoms with Crippen molar-refractivity contribution in [2.45, 2.75) is 18.9 Å². The summed E-state index contributed by atoms with van der Waals surface area (Å²) in [6.45, 7) is 1.13. The van der Waals surface area contributed by atoms with Gasteiger partial charge in [-0.1, -0.05) is 40.2 Å². The van der Waals surface area contributed by atoms with Gasteiger partial charge in [-0.05, 0) is 65.1 Å². The molecule has 1 aliphatic rings. The lowest BCUT2D eigenvalue weighted by Crippen LogP contribution is -2.40. The number of carbonyl (C=O) groups excluding carboxylic acids is 2. The fraction of sp³-hybridized carbons (Fsp3) is 0.300. The van der Waals surface area contributed by atoms with Crippen LogP contribution in [-0.4, -0.2) is 36.3 Å². The summed E-state index contributed by atoms with van der Waals surface area (Å²) in [5.41, 5.74) is 1.90. The Kier molecular flexibility index (Phi) is 7.04. The topological polar surface area (TPSA) is 61.4 Å². The molecule has 2 N–H and O–H groups in total. The first kappa shape index (κ1) is 20.0. The number of halogens is 2. The maximum atomic E-state index is 12.3. The van der Waals surface area contributed by atoms with E-state index in [0.29, 0.717) is 12.2 Å². The molecule has 1 heterocycles. The predicted molar refractivity (Wildman–Crippen MR) is 113 cm³/mol. The first-order valence-corrected chi connectivity index (χ1v) is 10.4. The molecule has 3 rings (SSSR count). The van der Waals surface area contributed by atoms with Crippen LogP contribution in [0.25, 0.3) is 0 Å². The second kappa shape index (κ2) is 9.48. The summed E-state index contributed by atoms with van der Waals surface area (Å²) in [6.07, 6.45) is 2.10. The van der Waals surface area contributed by atoms with Gasteiger partial charge < -0.3 is 10.6 Å². The molecule has 0 bridgehead atoms. The molecule has 5 nitrogen and oxygen atoms in total. The van der Waals surface area contributed by atoms with Gasteiger partial charge in [-0.3, -0.25) is 14.5 Å². The average molecular weight is 495 g/mol. The maximum Gasteiger partial charge on any atom is 0.243 e. The number of hydrogen-bond donors (Lipinski definition) is 2. The molecule has 1 aliphatic heterocycles. The number of nitrogens with one attached hydrogen (secondary N) is 2. The Morgan fingerprint density at radius 3 is 2.67 bits per heavy atom. The van der Waals surface area contributed by atoms with Gasteiger partial charge in [-0.25, -0.2) is 0 Å². The van der Waals surface area contributed by atoms with Crippen LogP contribution in [0.5, 0.6) is 0 Å². The molecule has 0 spiro atoms.